The number of carbonyl (C=O) groups excluding carboxylic acids is 2. The van der Waals surface area contributed by atoms with E-state index in [-0.39, 0.29) is 24.8 Å². The topological polar surface area (TPSA) is 53.8 Å². The highest BCUT2D eigenvalue weighted by molar-refractivity contribution is 8.26. The van der Waals surface area contributed by atoms with Crippen molar-refractivity contribution in [3.05, 3.63) is 58.9 Å². The van der Waals surface area contributed by atoms with Crippen molar-refractivity contribution in [2.24, 2.45) is 0 Å². The van der Waals surface area contributed by atoms with Crippen LogP contribution in [0.5, 0.6) is 0 Å². The van der Waals surface area contributed by atoms with Gasteiger partial charge >= 0.3 is 0 Å². The van der Waals surface area contributed by atoms with Gasteiger partial charge in [0.15, 0.2) is 0 Å². The number of hydrogen-bond donors (Lipinski definition) is 0. The van der Waals surface area contributed by atoms with Crippen molar-refractivity contribution in [2.45, 2.75) is 19.3 Å². The van der Waals surface area contributed by atoms with Gasteiger partial charge in [0.05, 0.1) is 11.2 Å². The van der Waals surface area contributed by atoms with Crippen molar-refractivity contribution >= 4 is 51.9 Å². The molecule has 2 aromatic rings. The fourth-order valence-corrected chi connectivity index (χ4v) is 4.62. The summed E-state index contributed by atoms with van der Waals surface area (Å²) in [5, 5.41) is 0. The Morgan fingerprint density at radius 3 is 2.93 bits per heavy atom. The lowest BCUT2D eigenvalue weighted by Gasteiger charge is -2.30. The highest BCUT2D eigenvalue weighted by Crippen LogP contribution is 2.33. The van der Waals surface area contributed by atoms with Crippen LogP contribution in [0, 0.1) is 0 Å². The zero-order valence-electron chi connectivity index (χ0n) is 14.6. The van der Waals surface area contributed by atoms with E-state index in [0.29, 0.717) is 21.5 Å². The van der Waals surface area contributed by atoms with Crippen LogP contribution in [0.4, 0.5) is 5.69 Å². The molecule has 0 bridgehead atoms. The normalized spacial score (nSPS) is 18.3. The Kier molecular flexibility index (Phi) is 5.13. The zero-order chi connectivity index (χ0) is 18.8. The second kappa shape index (κ2) is 7.70. The lowest BCUT2D eigenvalue weighted by atomic mass is 10.0. The van der Waals surface area contributed by atoms with Crippen LogP contribution >= 0.6 is 24.0 Å². The van der Waals surface area contributed by atoms with E-state index in [1.165, 1.54) is 22.2 Å². The standard InChI is InChI=1S/C20H18N2O3S2/c23-18(21-10-3-6-14-5-1-2-8-16(14)21)9-11-22-19(24)17(27-20(22)26)13-15-7-4-12-25-15/h1-2,4-5,7-8,12-13H,3,6,9-11H2. The summed E-state index contributed by atoms with van der Waals surface area (Å²) < 4.78 is 5.74. The van der Waals surface area contributed by atoms with Crippen molar-refractivity contribution in [3.8, 4) is 0 Å². The molecule has 4 rings (SSSR count). The Hall–Kier alpha value is -2.38. The third-order valence-electron chi connectivity index (χ3n) is 4.65. The van der Waals surface area contributed by atoms with Gasteiger partial charge < -0.3 is 9.32 Å². The van der Waals surface area contributed by atoms with Crippen LogP contribution in [0.3, 0.4) is 0 Å². The third-order valence-corrected chi connectivity index (χ3v) is 6.03. The number of carbonyl (C=O) groups is 2. The first-order valence-electron chi connectivity index (χ1n) is 8.80. The van der Waals surface area contributed by atoms with Crippen LogP contribution in [0.1, 0.15) is 24.2 Å². The van der Waals surface area contributed by atoms with E-state index < -0.39 is 0 Å². The van der Waals surface area contributed by atoms with Gasteiger partial charge in [0, 0.05) is 31.3 Å². The number of furan rings is 1. The summed E-state index contributed by atoms with van der Waals surface area (Å²) in [6.45, 7) is 1.00. The predicted octanol–water partition coefficient (Wildman–Crippen LogP) is 3.85. The number of nitrogens with zero attached hydrogens (tertiary/aromatic N) is 2. The summed E-state index contributed by atoms with van der Waals surface area (Å²) in [4.78, 5) is 29.2. The van der Waals surface area contributed by atoms with Crippen molar-refractivity contribution in [1.82, 2.24) is 4.90 Å². The molecule has 0 aliphatic carbocycles. The number of fused-ring (bicyclic) bond motifs is 1. The van der Waals surface area contributed by atoms with Crippen molar-refractivity contribution in [1.29, 1.82) is 0 Å². The maximum absolute atomic E-state index is 12.8. The molecule has 0 radical (unpaired) electrons. The van der Waals surface area contributed by atoms with Crippen LogP contribution in [0.25, 0.3) is 6.08 Å². The molecule has 0 spiro atoms. The van der Waals surface area contributed by atoms with Crippen molar-refractivity contribution < 1.29 is 14.0 Å². The first-order chi connectivity index (χ1) is 13.1. The minimum atomic E-state index is -0.173. The number of thiocarbonyl (C=S) groups is 1. The summed E-state index contributed by atoms with van der Waals surface area (Å²) in [5.41, 5.74) is 2.18. The van der Waals surface area contributed by atoms with Gasteiger partial charge in [0.1, 0.15) is 10.1 Å². The zero-order valence-corrected chi connectivity index (χ0v) is 16.2. The molecule has 1 saturated heterocycles. The Labute approximate surface area is 167 Å². The Balaban J connectivity index is 1.42. The molecule has 27 heavy (non-hydrogen) atoms. The van der Waals surface area contributed by atoms with Crippen LogP contribution in [0.2, 0.25) is 0 Å². The minimum Gasteiger partial charge on any atom is -0.465 e. The van der Waals surface area contributed by atoms with Gasteiger partial charge in [-0.1, -0.05) is 42.2 Å². The van der Waals surface area contributed by atoms with E-state index in [1.807, 2.05) is 23.1 Å². The summed E-state index contributed by atoms with van der Waals surface area (Å²) in [7, 11) is 0. The van der Waals surface area contributed by atoms with Crippen molar-refractivity contribution in [3.63, 3.8) is 0 Å². The molecular weight excluding hydrogens is 380 g/mol. The Morgan fingerprint density at radius 2 is 2.11 bits per heavy atom. The van der Waals surface area contributed by atoms with E-state index >= 15 is 0 Å². The average Bonchev–Trinajstić information content (AvgIpc) is 3.28. The molecule has 2 aliphatic rings. The molecule has 1 aromatic heterocycles. The SMILES string of the molecule is O=C1C(=Cc2ccco2)SC(=S)N1CCC(=O)N1CCCc2ccccc21. The number of rotatable bonds is 4. The lowest BCUT2D eigenvalue weighted by Crippen LogP contribution is -2.38. The molecule has 3 heterocycles. The fraction of sp³-hybridized carbons (Fsp3) is 0.250. The van der Waals surface area contributed by atoms with Crippen LogP contribution < -0.4 is 4.90 Å². The molecule has 0 N–H and O–H groups in total. The van der Waals surface area contributed by atoms with E-state index in [9.17, 15) is 9.59 Å². The largest absolute Gasteiger partial charge is 0.465 e. The number of thioether (sulfide) groups is 1. The van der Waals surface area contributed by atoms with Gasteiger partial charge in [0.25, 0.3) is 5.91 Å². The van der Waals surface area contributed by atoms with E-state index in [1.54, 1.807) is 24.5 Å². The number of amides is 2. The van der Waals surface area contributed by atoms with E-state index in [0.717, 1.165) is 18.5 Å². The van der Waals surface area contributed by atoms with Crippen LogP contribution in [0.15, 0.2) is 52.0 Å². The van der Waals surface area contributed by atoms with Gasteiger partial charge in [-0.05, 0) is 36.6 Å². The molecule has 2 aliphatic heterocycles. The van der Waals surface area contributed by atoms with Crippen LogP contribution in [-0.2, 0) is 16.0 Å². The molecular formula is C20H18N2O3S2. The molecule has 5 nitrogen and oxygen atoms in total. The van der Waals surface area contributed by atoms with Gasteiger partial charge in [-0.3, -0.25) is 14.5 Å². The summed E-state index contributed by atoms with van der Waals surface area (Å²) in [6, 6.07) is 11.5. The molecule has 1 fully saturated rings. The average molecular weight is 399 g/mol. The lowest BCUT2D eigenvalue weighted by molar-refractivity contribution is -0.123. The highest BCUT2D eigenvalue weighted by Gasteiger charge is 2.33. The Morgan fingerprint density at radius 1 is 1.26 bits per heavy atom. The number of aryl methyl sites for hydroxylation is 1. The fourth-order valence-electron chi connectivity index (χ4n) is 3.33. The van der Waals surface area contributed by atoms with Gasteiger partial charge in [-0.25, -0.2) is 0 Å². The number of benzene rings is 1. The molecule has 138 valence electrons. The first kappa shape index (κ1) is 18.0. The molecule has 7 heteroatoms. The summed E-state index contributed by atoms with van der Waals surface area (Å²) >= 11 is 6.57. The maximum atomic E-state index is 12.8. The van der Waals surface area contributed by atoms with Gasteiger partial charge in [0.2, 0.25) is 5.91 Å². The van der Waals surface area contributed by atoms with Gasteiger partial charge in [-0.15, -0.1) is 0 Å². The number of anilines is 1. The number of para-hydroxylation sites is 1. The summed E-state index contributed by atoms with van der Waals surface area (Å²) in [6.07, 6.45) is 5.43. The molecule has 0 atom stereocenters. The molecule has 1 aromatic carbocycles. The number of hydrogen-bond acceptors (Lipinski definition) is 5. The monoisotopic (exact) mass is 398 g/mol. The highest BCUT2D eigenvalue weighted by atomic mass is 32.2. The smallest absolute Gasteiger partial charge is 0.266 e. The maximum Gasteiger partial charge on any atom is 0.266 e. The summed E-state index contributed by atoms with van der Waals surface area (Å²) in [5.74, 6) is 0.455. The molecule has 2 amide bonds. The molecule has 0 saturated carbocycles. The predicted molar refractivity (Wildman–Crippen MR) is 110 cm³/mol. The quantitative estimate of drug-likeness (QED) is 0.578. The van der Waals surface area contributed by atoms with E-state index in [4.69, 9.17) is 16.6 Å². The third kappa shape index (κ3) is 3.70. The van der Waals surface area contributed by atoms with Crippen molar-refractivity contribution in [2.75, 3.05) is 18.0 Å². The first-order valence-corrected chi connectivity index (χ1v) is 10.0. The Bertz CT molecular complexity index is 921. The minimum absolute atomic E-state index is 0.0196. The van der Waals surface area contributed by atoms with Crippen LogP contribution in [-0.4, -0.2) is 34.1 Å². The molecule has 0 unspecified atom stereocenters. The van der Waals surface area contributed by atoms with E-state index in [2.05, 4.69) is 6.07 Å². The second-order valence-corrected chi connectivity index (χ2v) is 8.05. The second-order valence-electron chi connectivity index (χ2n) is 6.38. The van der Waals surface area contributed by atoms with Gasteiger partial charge in [-0.2, -0.15) is 0 Å².